The predicted octanol–water partition coefficient (Wildman–Crippen LogP) is 3.49. The van der Waals surface area contributed by atoms with Crippen molar-refractivity contribution in [1.82, 2.24) is 0 Å². The van der Waals surface area contributed by atoms with Crippen LogP contribution in [0.4, 0.5) is 13.2 Å². The van der Waals surface area contributed by atoms with Crippen LogP contribution in [0, 0.1) is 0 Å². The fourth-order valence-electron chi connectivity index (χ4n) is 1.08. The Balaban J connectivity index is 2.74. The lowest BCUT2D eigenvalue weighted by Crippen LogP contribution is -2.13. The minimum absolute atomic E-state index is 0.582. The summed E-state index contributed by atoms with van der Waals surface area (Å²) >= 11 is 0. The zero-order chi connectivity index (χ0) is 12.2. The molecule has 0 aliphatic carbocycles. The van der Waals surface area contributed by atoms with Crippen molar-refractivity contribution in [1.29, 1.82) is 0 Å². The summed E-state index contributed by atoms with van der Waals surface area (Å²) in [5.74, 6) is 0.718. The molecule has 0 amide bonds. The summed E-state index contributed by atoms with van der Waals surface area (Å²) < 4.78 is 46.9. The normalized spacial score (nSPS) is 16.2. The summed E-state index contributed by atoms with van der Waals surface area (Å²) in [4.78, 5) is 9.06. The van der Waals surface area contributed by atoms with Crippen LogP contribution in [0.3, 0.4) is 0 Å². The van der Waals surface area contributed by atoms with Crippen LogP contribution in [-0.2, 0) is 4.57 Å². The molecular weight excluding hydrogens is 240 g/mol. The van der Waals surface area contributed by atoms with Gasteiger partial charge in [-0.2, -0.15) is 13.2 Å². The van der Waals surface area contributed by atoms with Gasteiger partial charge in [0.15, 0.2) is 0 Å². The number of hydrogen-bond acceptors (Lipinski definition) is 1. The first-order chi connectivity index (χ1) is 7.29. The third kappa shape index (κ3) is 5.14. The molecule has 1 N–H and O–H groups in total. The first kappa shape index (κ1) is 13.0. The van der Waals surface area contributed by atoms with E-state index >= 15 is 0 Å². The van der Waals surface area contributed by atoms with Gasteiger partial charge in [0, 0.05) is 5.82 Å². The molecule has 0 heterocycles. The van der Waals surface area contributed by atoms with E-state index in [0.717, 1.165) is 5.82 Å². The highest BCUT2D eigenvalue weighted by molar-refractivity contribution is 7.61. The molecule has 0 fully saturated rings. The quantitative estimate of drug-likeness (QED) is 0.833. The molecule has 2 nitrogen and oxygen atoms in total. The third-order valence-electron chi connectivity index (χ3n) is 1.71. The van der Waals surface area contributed by atoms with Gasteiger partial charge in [-0.3, -0.25) is 4.57 Å². The van der Waals surface area contributed by atoms with Gasteiger partial charge in [0.1, 0.15) is 6.16 Å². The fourth-order valence-corrected chi connectivity index (χ4v) is 2.10. The average molecular weight is 250 g/mol. The minimum Gasteiger partial charge on any atom is -0.341 e. The van der Waals surface area contributed by atoms with Crippen molar-refractivity contribution in [3.8, 4) is 0 Å². The number of hydrogen-bond donors (Lipinski definition) is 1. The summed E-state index contributed by atoms with van der Waals surface area (Å²) in [6, 6.07) is 8.37. The topological polar surface area (TPSA) is 37.3 Å². The largest absolute Gasteiger partial charge is 0.398 e. The second kappa shape index (κ2) is 4.85. The Kier molecular flexibility index (Phi) is 3.94. The smallest absolute Gasteiger partial charge is 0.341 e. The number of alkyl halides is 3. The lowest BCUT2D eigenvalue weighted by atomic mass is 10.2. The van der Waals surface area contributed by atoms with Gasteiger partial charge in [0.05, 0.1) is 0 Å². The van der Waals surface area contributed by atoms with Crippen molar-refractivity contribution >= 4 is 13.4 Å². The molecule has 1 unspecified atom stereocenters. The van der Waals surface area contributed by atoms with Crippen LogP contribution in [0.25, 0.3) is 6.08 Å². The van der Waals surface area contributed by atoms with Crippen LogP contribution in [0.1, 0.15) is 5.56 Å². The Morgan fingerprint density at radius 1 is 1.25 bits per heavy atom. The number of halogens is 3. The van der Waals surface area contributed by atoms with E-state index in [1.165, 1.54) is 6.08 Å². The Morgan fingerprint density at radius 3 is 2.31 bits per heavy atom. The van der Waals surface area contributed by atoms with Gasteiger partial charge >= 0.3 is 6.18 Å². The van der Waals surface area contributed by atoms with Crippen LogP contribution in [0.15, 0.2) is 36.1 Å². The van der Waals surface area contributed by atoms with Crippen molar-refractivity contribution in [2.75, 3.05) is 6.16 Å². The predicted molar refractivity (Wildman–Crippen MR) is 56.2 cm³/mol. The molecule has 0 saturated carbocycles. The molecule has 1 aromatic carbocycles. The molecule has 0 saturated heterocycles. The maximum atomic E-state index is 11.9. The Labute approximate surface area is 90.9 Å². The first-order valence-corrected chi connectivity index (χ1v) is 6.32. The second-order valence-corrected chi connectivity index (χ2v) is 5.38. The summed E-state index contributed by atoms with van der Waals surface area (Å²) in [7, 11) is -4.29. The number of benzene rings is 1. The van der Waals surface area contributed by atoms with E-state index in [4.69, 9.17) is 4.89 Å². The molecule has 0 aliphatic heterocycles. The van der Waals surface area contributed by atoms with Crippen LogP contribution < -0.4 is 0 Å². The van der Waals surface area contributed by atoms with Crippen LogP contribution >= 0.6 is 7.37 Å². The first-order valence-electron chi connectivity index (χ1n) is 4.41. The molecule has 0 bridgehead atoms. The van der Waals surface area contributed by atoms with Crippen molar-refractivity contribution in [2.24, 2.45) is 0 Å². The molecule has 0 radical (unpaired) electrons. The molecule has 0 spiro atoms. The van der Waals surface area contributed by atoms with Gasteiger partial charge < -0.3 is 4.89 Å². The van der Waals surface area contributed by atoms with E-state index in [1.54, 1.807) is 30.3 Å². The highest BCUT2D eigenvalue weighted by Crippen LogP contribution is 2.47. The molecule has 1 aromatic rings. The summed E-state index contributed by atoms with van der Waals surface area (Å²) in [6.07, 6.45) is -5.11. The van der Waals surface area contributed by atoms with Crippen molar-refractivity contribution < 1.29 is 22.6 Å². The average Bonchev–Trinajstić information content (AvgIpc) is 2.13. The molecule has 88 valence electrons. The fraction of sp³-hybridized carbons (Fsp3) is 0.200. The molecular formula is C10H10F3O2P. The lowest BCUT2D eigenvalue weighted by molar-refractivity contribution is -0.107. The standard InChI is InChI=1S/C10H10F3O2P/c11-10(12,13)8-16(14,15)7-6-9-4-2-1-3-5-9/h1-7H,8H2,(H,14,15). The SMILES string of the molecule is O=P(O)(C=Cc1ccccc1)CC(F)(F)F. The zero-order valence-corrected chi connectivity index (χ0v) is 9.08. The van der Waals surface area contributed by atoms with E-state index in [1.807, 2.05) is 0 Å². The highest BCUT2D eigenvalue weighted by atomic mass is 31.2. The minimum atomic E-state index is -4.63. The van der Waals surface area contributed by atoms with E-state index in [0.29, 0.717) is 5.56 Å². The van der Waals surface area contributed by atoms with E-state index < -0.39 is 19.7 Å². The van der Waals surface area contributed by atoms with Gasteiger partial charge in [0.2, 0.25) is 7.37 Å². The molecule has 0 aromatic heterocycles. The molecule has 1 atom stereocenters. The Bertz CT molecular complexity index is 412. The van der Waals surface area contributed by atoms with Gasteiger partial charge in [0.25, 0.3) is 0 Å². The Morgan fingerprint density at radius 2 is 1.81 bits per heavy atom. The van der Waals surface area contributed by atoms with Gasteiger partial charge in [-0.1, -0.05) is 30.3 Å². The maximum absolute atomic E-state index is 11.9. The molecule has 16 heavy (non-hydrogen) atoms. The van der Waals surface area contributed by atoms with Gasteiger partial charge in [-0.05, 0) is 11.6 Å². The van der Waals surface area contributed by atoms with Gasteiger partial charge in [-0.15, -0.1) is 0 Å². The van der Waals surface area contributed by atoms with Crippen LogP contribution in [0.2, 0.25) is 0 Å². The van der Waals surface area contributed by atoms with Crippen molar-refractivity contribution in [3.05, 3.63) is 41.7 Å². The molecule has 1 rings (SSSR count). The highest BCUT2D eigenvalue weighted by Gasteiger charge is 2.36. The van der Waals surface area contributed by atoms with E-state index in [-0.39, 0.29) is 0 Å². The van der Waals surface area contributed by atoms with Crippen molar-refractivity contribution in [2.45, 2.75) is 6.18 Å². The second-order valence-electron chi connectivity index (χ2n) is 3.26. The van der Waals surface area contributed by atoms with Crippen LogP contribution in [0.5, 0.6) is 0 Å². The maximum Gasteiger partial charge on any atom is 0.398 e. The summed E-state index contributed by atoms with van der Waals surface area (Å²) in [5.41, 5.74) is 0.582. The molecule has 6 heteroatoms. The summed E-state index contributed by atoms with van der Waals surface area (Å²) in [6.45, 7) is 0. The summed E-state index contributed by atoms with van der Waals surface area (Å²) in [5, 5.41) is 0. The van der Waals surface area contributed by atoms with Gasteiger partial charge in [-0.25, -0.2) is 0 Å². The Hall–Kier alpha value is -1.06. The monoisotopic (exact) mass is 250 g/mol. The molecule has 0 aliphatic rings. The van der Waals surface area contributed by atoms with E-state index in [2.05, 4.69) is 0 Å². The third-order valence-corrected chi connectivity index (χ3v) is 3.13. The lowest BCUT2D eigenvalue weighted by Gasteiger charge is -2.09. The van der Waals surface area contributed by atoms with Crippen molar-refractivity contribution in [3.63, 3.8) is 0 Å². The van der Waals surface area contributed by atoms with E-state index in [9.17, 15) is 17.7 Å². The zero-order valence-electron chi connectivity index (χ0n) is 8.19. The number of rotatable bonds is 3. The van der Waals surface area contributed by atoms with Crippen LogP contribution in [-0.4, -0.2) is 17.2 Å².